The third-order valence-electron chi connectivity index (χ3n) is 23.7. The van der Waals surface area contributed by atoms with Crippen LogP contribution >= 0.6 is 0 Å². The molecular weight excluding hydrogens is 1490 g/mol. The molecule has 0 radical (unpaired) electrons. The molecule has 123 heavy (non-hydrogen) atoms. The summed E-state index contributed by atoms with van der Waals surface area (Å²) in [7, 11) is 0. The normalized spacial score (nSPS) is 12.3. The summed E-state index contributed by atoms with van der Waals surface area (Å²) < 4.78 is 0. The number of rotatable bonds is 6. The summed E-state index contributed by atoms with van der Waals surface area (Å²) in [4.78, 5) is 25.0. The van der Waals surface area contributed by atoms with E-state index in [0.717, 1.165) is 51.4 Å². The highest BCUT2D eigenvalue weighted by atomic mass is 14.9. The van der Waals surface area contributed by atoms with Gasteiger partial charge in [0.2, 0.25) is 0 Å². The number of pyridine rings is 4. The predicted molar refractivity (Wildman–Crippen MR) is 515 cm³/mol. The summed E-state index contributed by atoms with van der Waals surface area (Å²) in [5, 5.41) is 0. The van der Waals surface area contributed by atoms with Gasteiger partial charge in [-0.3, -0.25) is 19.9 Å². The van der Waals surface area contributed by atoms with Gasteiger partial charge in [0.1, 0.15) is 5.82 Å². The number of aryl methyl sites for hydroxylation is 17. The molecule has 3 aliphatic carbocycles. The zero-order valence-electron chi connectivity index (χ0n) is 74.8. The molecule has 5 aromatic heterocycles. The average molecular weight is 1600 g/mol. The van der Waals surface area contributed by atoms with E-state index in [1.807, 2.05) is 86.8 Å². The highest BCUT2D eigenvalue weighted by molar-refractivity contribution is 5.90. The fourth-order valence-electron chi connectivity index (χ4n) is 18.3. The lowest BCUT2D eigenvalue weighted by Crippen LogP contribution is -2.28. The topological polar surface area (TPSA) is 77.3 Å². The van der Waals surface area contributed by atoms with E-state index >= 15 is 0 Å². The summed E-state index contributed by atoms with van der Waals surface area (Å²) >= 11 is 0. The molecule has 17 aromatic rings. The molecule has 0 bridgehead atoms. The van der Waals surface area contributed by atoms with Crippen molar-refractivity contribution >= 4 is 0 Å². The first-order chi connectivity index (χ1) is 59.4. The van der Waals surface area contributed by atoms with E-state index in [1.54, 1.807) is 0 Å². The van der Waals surface area contributed by atoms with Crippen LogP contribution in [0.15, 0.2) is 364 Å². The van der Waals surface area contributed by atoms with Gasteiger partial charge in [-0.15, -0.1) is 0 Å². The molecule has 0 fully saturated rings. The molecule has 0 spiro atoms. The van der Waals surface area contributed by atoms with Crippen molar-refractivity contribution in [3.8, 4) is 33.4 Å². The maximum atomic E-state index is 4.27. The van der Waals surface area contributed by atoms with Crippen LogP contribution in [0.3, 0.4) is 0 Å². The molecule has 6 nitrogen and oxygen atoms in total. The molecule has 0 saturated heterocycles. The Kier molecular flexibility index (Phi) is 27.8. The molecule has 5 heterocycles. The van der Waals surface area contributed by atoms with E-state index < -0.39 is 0 Å². The number of hydrogen-bond donors (Lipinski definition) is 0. The first-order valence-corrected chi connectivity index (χ1v) is 42.8. The number of aromatic nitrogens is 6. The Morgan fingerprint density at radius 2 is 0.512 bits per heavy atom. The third-order valence-corrected chi connectivity index (χ3v) is 23.7. The van der Waals surface area contributed by atoms with Crippen LogP contribution in [0, 0.1) is 125 Å². The molecule has 0 aliphatic heterocycles. The molecule has 0 amide bonds. The van der Waals surface area contributed by atoms with Gasteiger partial charge < -0.3 is 0 Å². The molecule has 0 atom stereocenters. The van der Waals surface area contributed by atoms with Crippen LogP contribution in [0.25, 0.3) is 33.4 Å². The van der Waals surface area contributed by atoms with E-state index in [2.05, 4.69) is 432 Å². The second-order valence-corrected chi connectivity index (χ2v) is 33.0. The van der Waals surface area contributed by atoms with Crippen molar-refractivity contribution in [2.45, 2.75) is 141 Å². The van der Waals surface area contributed by atoms with Gasteiger partial charge in [-0.25, -0.2) is 9.97 Å². The number of hydrogen-bond acceptors (Lipinski definition) is 6. The van der Waals surface area contributed by atoms with E-state index in [-0.39, 0.29) is 16.2 Å². The lowest BCUT2D eigenvalue weighted by Gasteiger charge is -2.34. The first kappa shape index (κ1) is 87.1. The summed E-state index contributed by atoms with van der Waals surface area (Å²) in [5.41, 5.74) is 44.0. The molecule has 612 valence electrons. The smallest absolute Gasteiger partial charge is 0.125 e. The van der Waals surface area contributed by atoms with Gasteiger partial charge in [0.15, 0.2) is 0 Å². The van der Waals surface area contributed by atoms with E-state index in [0.29, 0.717) is 0 Å². The molecule has 6 heteroatoms. The van der Waals surface area contributed by atoms with Crippen LogP contribution in [0.5, 0.6) is 0 Å². The van der Waals surface area contributed by atoms with Crippen molar-refractivity contribution in [2.24, 2.45) is 0 Å². The molecular formula is C117H114N6. The minimum absolute atomic E-state index is 0.262. The fourth-order valence-corrected chi connectivity index (χ4v) is 18.3. The summed E-state index contributed by atoms with van der Waals surface area (Å²) in [6, 6.07) is 127. The monoisotopic (exact) mass is 1600 g/mol. The van der Waals surface area contributed by atoms with Gasteiger partial charge in [-0.1, -0.05) is 327 Å². The summed E-state index contributed by atoms with van der Waals surface area (Å²) in [6.07, 6.45) is 3.78. The highest BCUT2D eigenvalue weighted by Crippen LogP contribution is 2.59. The van der Waals surface area contributed by atoms with E-state index in [4.69, 9.17) is 0 Å². The molecule has 12 aromatic carbocycles. The number of benzene rings is 12. The first-order valence-electron chi connectivity index (χ1n) is 42.8. The predicted octanol–water partition coefficient (Wildman–Crippen LogP) is 28.5. The second kappa shape index (κ2) is 39.2. The lowest BCUT2D eigenvalue weighted by molar-refractivity contribution is 0.767. The second-order valence-electron chi connectivity index (χ2n) is 33.0. The van der Waals surface area contributed by atoms with Crippen molar-refractivity contribution in [3.05, 3.63) is 532 Å². The van der Waals surface area contributed by atoms with Gasteiger partial charge in [0.25, 0.3) is 0 Å². The quantitative estimate of drug-likeness (QED) is 0.165. The van der Waals surface area contributed by atoms with Gasteiger partial charge in [-0.05, 0) is 300 Å². The van der Waals surface area contributed by atoms with Gasteiger partial charge in [0, 0.05) is 57.9 Å². The van der Waals surface area contributed by atoms with Crippen LogP contribution in [0.4, 0.5) is 0 Å². The molecule has 20 rings (SSSR count). The molecule has 0 N–H and O–H groups in total. The molecule has 0 unspecified atom stereocenters. The Labute approximate surface area is 731 Å². The Bertz CT molecular complexity index is 5970. The lowest BCUT2D eigenvalue weighted by atomic mass is 9.67. The minimum atomic E-state index is -0.263. The van der Waals surface area contributed by atoms with Crippen LogP contribution in [-0.4, -0.2) is 29.9 Å². The van der Waals surface area contributed by atoms with Crippen molar-refractivity contribution < 1.29 is 0 Å². The summed E-state index contributed by atoms with van der Waals surface area (Å²) in [5.74, 6) is 0.854. The molecule has 0 saturated carbocycles. The largest absolute Gasteiger partial charge is 0.264 e. The van der Waals surface area contributed by atoms with Crippen LogP contribution in [0.1, 0.15) is 168 Å². The van der Waals surface area contributed by atoms with E-state index in [1.165, 1.54) is 150 Å². The Morgan fingerprint density at radius 1 is 0.187 bits per heavy atom. The van der Waals surface area contributed by atoms with E-state index in [9.17, 15) is 0 Å². The van der Waals surface area contributed by atoms with Gasteiger partial charge >= 0.3 is 0 Å². The van der Waals surface area contributed by atoms with Crippen LogP contribution < -0.4 is 0 Å². The van der Waals surface area contributed by atoms with Crippen molar-refractivity contribution in [2.75, 3.05) is 0 Å². The fraction of sp³-hybridized carbons (Fsp3) is 0.179. The van der Waals surface area contributed by atoms with Crippen molar-refractivity contribution in [1.82, 2.24) is 29.9 Å². The molecule has 3 aliphatic rings. The van der Waals surface area contributed by atoms with Gasteiger partial charge in [0.05, 0.1) is 16.2 Å². The zero-order chi connectivity index (χ0) is 87.0. The number of fused-ring (bicyclic) bond motifs is 9. The maximum Gasteiger partial charge on any atom is 0.125 e. The average Bonchev–Trinajstić information content (AvgIpc) is 1.56. The highest BCUT2D eigenvalue weighted by Gasteiger charge is 2.49. The minimum Gasteiger partial charge on any atom is -0.264 e. The van der Waals surface area contributed by atoms with Crippen LogP contribution in [0.2, 0.25) is 0 Å². The van der Waals surface area contributed by atoms with Crippen molar-refractivity contribution in [1.29, 1.82) is 0 Å². The third kappa shape index (κ3) is 18.9. The Morgan fingerprint density at radius 3 is 0.902 bits per heavy atom. The van der Waals surface area contributed by atoms with Crippen LogP contribution in [-0.2, 0) is 16.2 Å². The maximum absolute atomic E-state index is 4.27. The zero-order valence-corrected chi connectivity index (χ0v) is 74.8. The Balaban J connectivity index is 0.000000128. The number of nitrogens with zero attached hydrogens (tertiary/aromatic N) is 6. The standard InChI is InChI=1S/3C26H20.4C8H11N.C7H10N2/c1-19-11-10-18-24-25(19)22-16-8-9-17-23(22)26(24,20-12-4-2-5-13-20)21-14-6-3-7-15-21;1-19-16-17-25-23(18-19)22-14-8-9-15-24(22)26(25,20-10-4-2-5-11-20)21-12-6-3-7-13-21;1-19-16-17-23-22-14-8-9-15-24(22)26(25(23)18-19,20-10-4-2-5-11-20)21-12-6-3-7-13-21;1-6-4-9-5-7(2)8(6)3;2*1-6-4-7(2)9-8(3)5-6;1-6-4-5-7(2)9-8(6)3;1-5-4-6(2)9-7(3)8-5/h3*2-18H,1H3;4*4-5H,1-3H3;4H,1-3H3. The Hall–Kier alpha value is -13.7. The van der Waals surface area contributed by atoms with Gasteiger partial charge in [-0.2, -0.15) is 0 Å². The summed E-state index contributed by atoms with van der Waals surface area (Å²) in [6.45, 7) is 37.0. The SMILES string of the molecule is Cc1cc(C)nc(C)c1.Cc1cc(C)nc(C)c1.Cc1cc(C)nc(C)n1.Cc1ccc(C)c(C)n1.Cc1ccc2c(c1)-c1ccccc1C2(c1ccccc1)c1ccccc1.Cc1ccc2c(c1)C(c1ccccc1)(c1ccccc1)c1ccccc1-2.Cc1cccc2c1-c1ccccc1C2(c1ccccc1)c1ccccc1.Cc1cncc(C)c1C. The van der Waals surface area contributed by atoms with Crippen molar-refractivity contribution in [3.63, 3.8) is 0 Å².